The van der Waals surface area contributed by atoms with Gasteiger partial charge in [-0.25, -0.2) is 0 Å². The van der Waals surface area contributed by atoms with Crippen LogP contribution in [-0.4, -0.2) is 11.9 Å². The molecule has 1 aliphatic heterocycles. The highest BCUT2D eigenvalue weighted by molar-refractivity contribution is 6.36. The zero-order chi connectivity index (χ0) is 14.0. The summed E-state index contributed by atoms with van der Waals surface area (Å²) in [5, 5.41) is 4.30. The van der Waals surface area contributed by atoms with Crippen LogP contribution in [0.1, 0.15) is 19.4 Å². The van der Waals surface area contributed by atoms with E-state index in [9.17, 15) is 0 Å². The molecule has 1 aliphatic rings. The number of hydrogen-bond donors (Lipinski definition) is 1. The van der Waals surface area contributed by atoms with Crippen LogP contribution in [0.3, 0.4) is 0 Å². The number of aliphatic imine (C=N–C) groups is 1. The van der Waals surface area contributed by atoms with Gasteiger partial charge in [0.25, 0.3) is 0 Å². The Labute approximate surface area is 119 Å². The van der Waals surface area contributed by atoms with Crippen LogP contribution in [0.5, 0.6) is 0 Å². The van der Waals surface area contributed by atoms with Crippen molar-refractivity contribution < 1.29 is 0 Å². The van der Waals surface area contributed by atoms with E-state index in [2.05, 4.69) is 41.5 Å². The standard InChI is InChI=1S/C17H17N3/c1-17(2)14-10-6-7-11-15(14)19-16(17)12-18-20-13-8-4-3-5-9-13/h3-12,20H,1-2H3/b18-12+. The van der Waals surface area contributed by atoms with Crippen molar-refractivity contribution in [3.8, 4) is 0 Å². The third-order valence-corrected chi connectivity index (χ3v) is 3.61. The SMILES string of the molecule is CC1(C)C(/C=N/Nc2ccccc2)=Nc2ccccc21. The van der Waals surface area contributed by atoms with Crippen LogP contribution in [0, 0.1) is 0 Å². The molecule has 1 N–H and O–H groups in total. The van der Waals surface area contributed by atoms with E-state index in [1.165, 1.54) is 5.56 Å². The summed E-state index contributed by atoms with van der Waals surface area (Å²) in [6.07, 6.45) is 1.81. The molecule has 20 heavy (non-hydrogen) atoms. The molecule has 3 nitrogen and oxygen atoms in total. The maximum absolute atomic E-state index is 4.66. The van der Waals surface area contributed by atoms with Crippen molar-refractivity contribution in [1.29, 1.82) is 0 Å². The second kappa shape index (κ2) is 4.93. The normalized spacial score (nSPS) is 16.0. The fourth-order valence-corrected chi connectivity index (χ4v) is 2.38. The highest BCUT2D eigenvalue weighted by Gasteiger charge is 2.33. The predicted molar refractivity (Wildman–Crippen MR) is 85.1 cm³/mol. The summed E-state index contributed by atoms with van der Waals surface area (Å²) in [7, 11) is 0. The van der Waals surface area contributed by atoms with Gasteiger partial charge in [-0.1, -0.05) is 50.2 Å². The third kappa shape index (κ3) is 2.23. The minimum absolute atomic E-state index is 0.0987. The van der Waals surface area contributed by atoms with Crippen LogP contribution in [0.4, 0.5) is 11.4 Å². The number of para-hydroxylation sites is 2. The van der Waals surface area contributed by atoms with E-state index in [0.717, 1.165) is 17.1 Å². The topological polar surface area (TPSA) is 36.8 Å². The van der Waals surface area contributed by atoms with Crippen LogP contribution in [-0.2, 0) is 5.41 Å². The summed E-state index contributed by atoms with van der Waals surface area (Å²) in [6.45, 7) is 4.35. The molecule has 2 aromatic rings. The van der Waals surface area contributed by atoms with Crippen molar-refractivity contribution in [3.63, 3.8) is 0 Å². The van der Waals surface area contributed by atoms with Gasteiger partial charge in [0.05, 0.1) is 23.3 Å². The molecular formula is C17H17N3. The van der Waals surface area contributed by atoms with E-state index < -0.39 is 0 Å². The molecule has 3 rings (SSSR count). The Morgan fingerprint density at radius 2 is 1.70 bits per heavy atom. The molecule has 0 amide bonds. The Kier molecular flexibility index (Phi) is 3.11. The molecular weight excluding hydrogens is 246 g/mol. The zero-order valence-electron chi connectivity index (χ0n) is 11.7. The first-order chi connectivity index (χ1) is 9.68. The Bertz CT molecular complexity index is 670. The van der Waals surface area contributed by atoms with Crippen LogP contribution in [0.2, 0.25) is 0 Å². The van der Waals surface area contributed by atoms with Crippen LogP contribution in [0.15, 0.2) is 64.7 Å². The lowest BCUT2D eigenvalue weighted by Gasteiger charge is -2.19. The first-order valence-electron chi connectivity index (χ1n) is 6.71. The molecule has 0 bridgehead atoms. The van der Waals surface area contributed by atoms with Gasteiger partial charge in [-0.3, -0.25) is 10.4 Å². The molecule has 0 aromatic heterocycles. The molecule has 3 heteroatoms. The van der Waals surface area contributed by atoms with Crippen LogP contribution in [0.25, 0.3) is 0 Å². The number of benzene rings is 2. The first-order valence-corrected chi connectivity index (χ1v) is 6.71. The Balaban J connectivity index is 1.79. The van der Waals surface area contributed by atoms with Gasteiger partial charge in [0.2, 0.25) is 0 Å². The summed E-state index contributed by atoms with van der Waals surface area (Å²) < 4.78 is 0. The van der Waals surface area contributed by atoms with Crippen molar-refractivity contribution in [1.82, 2.24) is 0 Å². The fraction of sp³-hybridized carbons (Fsp3) is 0.176. The Morgan fingerprint density at radius 1 is 1.00 bits per heavy atom. The minimum Gasteiger partial charge on any atom is -0.278 e. The van der Waals surface area contributed by atoms with Gasteiger partial charge >= 0.3 is 0 Å². The van der Waals surface area contributed by atoms with E-state index in [1.807, 2.05) is 48.7 Å². The fourth-order valence-electron chi connectivity index (χ4n) is 2.38. The lowest BCUT2D eigenvalue weighted by molar-refractivity contribution is 0.744. The largest absolute Gasteiger partial charge is 0.278 e. The van der Waals surface area contributed by atoms with Crippen LogP contribution >= 0.6 is 0 Å². The van der Waals surface area contributed by atoms with Crippen LogP contribution < -0.4 is 5.43 Å². The van der Waals surface area contributed by atoms with Crippen molar-refractivity contribution in [3.05, 3.63) is 60.2 Å². The van der Waals surface area contributed by atoms with E-state index in [1.54, 1.807) is 0 Å². The van der Waals surface area contributed by atoms with Crippen molar-refractivity contribution in [2.24, 2.45) is 10.1 Å². The maximum Gasteiger partial charge on any atom is 0.0712 e. The van der Waals surface area contributed by atoms with Gasteiger partial charge in [0.15, 0.2) is 0 Å². The summed E-state index contributed by atoms with van der Waals surface area (Å²) in [5.74, 6) is 0. The lowest BCUT2D eigenvalue weighted by atomic mass is 9.82. The van der Waals surface area contributed by atoms with Gasteiger partial charge in [-0.15, -0.1) is 0 Å². The first kappa shape index (κ1) is 12.6. The number of rotatable bonds is 3. The molecule has 0 saturated carbocycles. The van der Waals surface area contributed by atoms with Crippen molar-refractivity contribution in [2.75, 3.05) is 5.43 Å². The average Bonchev–Trinajstić information content (AvgIpc) is 2.72. The van der Waals surface area contributed by atoms with Gasteiger partial charge in [-0.05, 0) is 23.8 Å². The van der Waals surface area contributed by atoms with Gasteiger partial charge in [-0.2, -0.15) is 5.10 Å². The molecule has 2 aromatic carbocycles. The lowest BCUT2D eigenvalue weighted by Crippen LogP contribution is -2.26. The van der Waals surface area contributed by atoms with Crippen molar-refractivity contribution in [2.45, 2.75) is 19.3 Å². The van der Waals surface area contributed by atoms with Gasteiger partial charge < -0.3 is 0 Å². The predicted octanol–water partition coefficient (Wildman–Crippen LogP) is 4.15. The molecule has 0 saturated heterocycles. The molecule has 0 radical (unpaired) electrons. The highest BCUT2D eigenvalue weighted by atomic mass is 15.3. The monoisotopic (exact) mass is 263 g/mol. The van der Waals surface area contributed by atoms with E-state index in [4.69, 9.17) is 0 Å². The number of hydrogen-bond acceptors (Lipinski definition) is 3. The van der Waals surface area contributed by atoms with Gasteiger partial charge in [0, 0.05) is 5.41 Å². The second-order valence-corrected chi connectivity index (χ2v) is 5.38. The number of hydrazone groups is 1. The number of anilines is 1. The molecule has 0 atom stereocenters. The molecule has 0 fully saturated rings. The van der Waals surface area contributed by atoms with Gasteiger partial charge in [0.1, 0.15) is 0 Å². The minimum atomic E-state index is -0.0987. The molecule has 1 heterocycles. The summed E-state index contributed by atoms with van der Waals surface area (Å²) in [4.78, 5) is 4.66. The summed E-state index contributed by atoms with van der Waals surface area (Å²) >= 11 is 0. The summed E-state index contributed by atoms with van der Waals surface area (Å²) in [5.41, 5.74) is 7.16. The number of nitrogens with zero attached hydrogens (tertiary/aromatic N) is 2. The maximum atomic E-state index is 4.66. The molecule has 100 valence electrons. The van der Waals surface area contributed by atoms with E-state index in [0.29, 0.717) is 0 Å². The number of fused-ring (bicyclic) bond motifs is 1. The molecule has 0 unspecified atom stereocenters. The third-order valence-electron chi connectivity index (χ3n) is 3.61. The molecule has 0 aliphatic carbocycles. The van der Waals surface area contributed by atoms with Crippen molar-refractivity contribution >= 4 is 23.3 Å². The number of nitrogens with one attached hydrogen (secondary N) is 1. The Morgan fingerprint density at radius 3 is 2.45 bits per heavy atom. The highest BCUT2D eigenvalue weighted by Crippen LogP contribution is 2.38. The van der Waals surface area contributed by atoms with E-state index >= 15 is 0 Å². The quantitative estimate of drug-likeness (QED) is 0.655. The average molecular weight is 263 g/mol. The molecule has 0 spiro atoms. The summed E-state index contributed by atoms with van der Waals surface area (Å²) in [6, 6.07) is 18.1. The smallest absolute Gasteiger partial charge is 0.0712 e. The zero-order valence-corrected chi connectivity index (χ0v) is 11.7. The second-order valence-electron chi connectivity index (χ2n) is 5.38. The Hall–Kier alpha value is -2.42. The van der Waals surface area contributed by atoms with E-state index in [-0.39, 0.29) is 5.41 Å².